The van der Waals surface area contributed by atoms with E-state index in [2.05, 4.69) is 11.8 Å². The van der Waals surface area contributed by atoms with Gasteiger partial charge >= 0.3 is 0 Å². The lowest BCUT2D eigenvalue weighted by atomic mass is 9.98. The fraction of sp³-hybridized carbons (Fsp3) is 0.727. The Morgan fingerprint density at radius 3 is 2.46 bits per heavy atom. The average molecular weight is 182 g/mol. The summed E-state index contributed by atoms with van der Waals surface area (Å²) in [6.07, 6.45) is 0.318. The SMILES string of the molecule is CC#CC(OCC)C(C)C(=O)CC. The van der Waals surface area contributed by atoms with Gasteiger partial charge in [-0.25, -0.2) is 0 Å². The number of hydrogen-bond donors (Lipinski definition) is 0. The Kier molecular flexibility index (Phi) is 6.26. The summed E-state index contributed by atoms with van der Waals surface area (Å²) in [6, 6.07) is 0. The second-order valence-electron chi connectivity index (χ2n) is 2.88. The Morgan fingerprint density at radius 2 is 2.08 bits per heavy atom. The van der Waals surface area contributed by atoms with Gasteiger partial charge in [0.05, 0.1) is 5.92 Å². The van der Waals surface area contributed by atoms with Crippen LogP contribution in [0.3, 0.4) is 0 Å². The van der Waals surface area contributed by atoms with Crippen LogP contribution in [0.15, 0.2) is 0 Å². The molecule has 0 bridgehead atoms. The summed E-state index contributed by atoms with van der Waals surface area (Å²) in [6.45, 7) is 8.00. The second-order valence-corrected chi connectivity index (χ2v) is 2.88. The van der Waals surface area contributed by atoms with Gasteiger partial charge in [0.2, 0.25) is 0 Å². The molecule has 2 atom stereocenters. The van der Waals surface area contributed by atoms with Crippen molar-refractivity contribution in [2.75, 3.05) is 6.61 Å². The number of carbonyl (C=O) groups excluding carboxylic acids is 1. The molecule has 13 heavy (non-hydrogen) atoms. The molecule has 0 aromatic heterocycles. The van der Waals surface area contributed by atoms with Gasteiger partial charge in [0.1, 0.15) is 11.9 Å². The molecule has 0 rings (SSSR count). The molecule has 0 aliphatic heterocycles. The first kappa shape index (κ1) is 12.2. The predicted octanol–water partition coefficient (Wildman–Crippen LogP) is 2.03. The van der Waals surface area contributed by atoms with Crippen molar-refractivity contribution in [1.82, 2.24) is 0 Å². The summed E-state index contributed by atoms with van der Waals surface area (Å²) >= 11 is 0. The summed E-state index contributed by atoms with van der Waals surface area (Å²) in [5.41, 5.74) is 0. The van der Waals surface area contributed by atoms with Crippen LogP contribution in [0, 0.1) is 17.8 Å². The Bertz CT molecular complexity index is 210. The molecule has 0 aliphatic rings. The lowest BCUT2D eigenvalue weighted by Crippen LogP contribution is -2.26. The first-order valence-corrected chi connectivity index (χ1v) is 4.73. The van der Waals surface area contributed by atoms with Crippen LogP contribution in [0.4, 0.5) is 0 Å². The first-order chi connectivity index (χ1) is 6.17. The molecule has 0 aliphatic carbocycles. The van der Waals surface area contributed by atoms with Crippen molar-refractivity contribution in [3.8, 4) is 11.8 Å². The smallest absolute Gasteiger partial charge is 0.139 e. The van der Waals surface area contributed by atoms with Gasteiger partial charge in [-0.1, -0.05) is 19.8 Å². The molecule has 0 aromatic carbocycles. The Hall–Kier alpha value is -0.810. The van der Waals surface area contributed by atoms with E-state index in [9.17, 15) is 4.79 Å². The van der Waals surface area contributed by atoms with E-state index in [1.807, 2.05) is 20.8 Å². The normalized spacial score (nSPS) is 14.2. The van der Waals surface area contributed by atoms with E-state index in [1.165, 1.54) is 0 Å². The monoisotopic (exact) mass is 182 g/mol. The van der Waals surface area contributed by atoms with E-state index < -0.39 is 0 Å². The largest absolute Gasteiger partial charge is 0.365 e. The van der Waals surface area contributed by atoms with Gasteiger partial charge in [-0.05, 0) is 13.8 Å². The summed E-state index contributed by atoms with van der Waals surface area (Å²) in [5.74, 6) is 5.79. The zero-order valence-corrected chi connectivity index (χ0v) is 8.89. The molecule has 0 saturated heterocycles. The van der Waals surface area contributed by atoms with E-state index in [1.54, 1.807) is 6.92 Å². The third-order valence-electron chi connectivity index (χ3n) is 1.94. The number of ketones is 1. The summed E-state index contributed by atoms with van der Waals surface area (Å²) < 4.78 is 5.37. The van der Waals surface area contributed by atoms with Crippen molar-refractivity contribution in [2.24, 2.45) is 5.92 Å². The van der Waals surface area contributed by atoms with Crippen LogP contribution in [-0.2, 0) is 9.53 Å². The van der Waals surface area contributed by atoms with E-state index in [-0.39, 0.29) is 17.8 Å². The highest BCUT2D eigenvalue weighted by Crippen LogP contribution is 2.09. The second kappa shape index (κ2) is 6.68. The van der Waals surface area contributed by atoms with Gasteiger partial charge in [0.25, 0.3) is 0 Å². The van der Waals surface area contributed by atoms with Crippen LogP contribution in [0.5, 0.6) is 0 Å². The third-order valence-corrected chi connectivity index (χ3v) is 1.94. The molecule has 0 N–H and O–H groups in total. The Labute approximate surface area is 80.7 Å². The quantitative estimate of drug-likeness (QED) is 0.608. The van der Waals surface area contributed by atoms with Crippen molar-refractivity contribution in [2.45, 2.75) is 40.2 Å². The number of hydrogen-bond acceptors (Lipinski definition) is 2. The predicted molar refractivity (Wildman–Crippen MR) is 53.3 cm³/mol. The van der Waals surface area contributed by atoms with Crippen LogP contribution >= 0.6 is 0 Å². The molecule has 2 unspecified atom stereocenters. The Morgan fingerprint density at radius 1 is 1.46 bits per heavy atom. The summed E-state index contributed by atoms with van der Waals surface area (Å²) in [4.78, 5) is 11.4. The number of ether oxygens (including phenoxy) is 1. The minimum atomic E-state index is -0.234. The average Bonchev–Trinajstić information content (AvgIpc) is 2.15. The molecule has 74 valence electrons. The topological polar surface area (TPSA) is 26.3 Å². The van der Waals surface area contributed by atoms with Gasteiger partial charge in [0, 0.05) is 13.0 Å². The lowest BCUT2D eigenvalue weighted by Gasteiger charge is -2.17. The van der Waals surface area contributed by atoms with Crippen LogP contribution in [0.25, 0.3) is 0 Å². The highest BCUT2D eigenvalue weighted by Gasteiger charge is 2.20. The zero-order valence-electron chi connectivity index (χ0n) is 8.89. The van der Waals surface area contributed by atoms with E-state index in [4.69, 9.17) is 4.74 Å². The molecule has 0 radical (unpaired) electrons. The lowest BCUT2D eigenvalue weighted by molar-refractivity contribution is -0.125. The van der Waals surface area contributed by atoms with Crippen molar-refractivity contribution < 1.29 is 9.53 Å². The van der Waals surface area contributed by atoms with Crippen LogP contribution < -0.4 is 0 Å². The summed E-state index contributed by atoms with van der Waals surface area (Å²) in [7, 11) is 0. The highest BCUT2D eigenvalue weighted by atomic mass is 16.5. The highest BCUT2D eigenvalue weighted by molar-refractivity contribution is 5.81. The van der Waals surface area contributed by atoms with Crippen LogP contribution in [0.1, 0.15) is 34.1 Å². The standard InChI is InChI=1S/C11H18O2/c1-5-8-11(13-7-3)9(4)10(12)6-2/h9,11H,6-7H2,1-4H3. The molecule has 0 spiro atoms. The van der Waals surface area contributed by atoms with Crippen molar-refractivity contribution in [3.05, 3.63) is 0 Å². The fourth-order valence-corrected chi connectivity index (χ4v) is 1.12. The van der Waals surface area contributed by atoms with Gasteiger partial charge in [-0.15, -0.1) is 5.92 Å². The molecule has 0 amide bonds. The molecule has 0 heterocycles. The van der Waals surface area contributed by atoms with E-state index in [0.717, 1.165) is 0 Å². The maximum absolute atomic E-state index is 11.4. The van der Waals surface area contributed by atoms with Gasteiger partial charge < -0.3 is 4.74 Å². The van der Waals surface area contributed by atoms with Gasteiger partial charge in [0.15, 0.2) is 0 Å². The molecular formula is C11H18O2. The van der Waals surface area contributed by atoms with Crippen molar-refractivity contribution in [1.29, 1.82) is 0 Å². The molecule has 2 heteroatoms. The Balaban J connectivity index is 4.32. The van der Waals surface area contributed by atoms with E-state index >= 15 is 0 Å². The summed E-state index contributed by atoms with van der Waals surface area (Å²) in [5, 5.41) is 0. The number of carbonyl (C=O) groups is 1. The molecule has 0 saturated carbocycles. The third kappa shape index (κ3) is 4.10. The van der Waals surface area contributed by atoms with Crippen LogP contribution in [0.2, 0.25) is 0 Å². The van der Waals surface area contributed by atoms with Gasteiger partial charge in [-0.3, -0.25) is 4.79 Å². The maximum Gasteiger partial charge on any atom is 0.139 e. The van der Waals surface area contributed by atoms with E-state index in [0.29, 0.717) is 13.0 Å². The van der Waals surface area contributed by atoms with Crippen molar-refractivity contribution >= 4 is 5.78 Å². The van der Waals surface area contributed by atoms with Crippen LogP contribution in [-0.4, -0.2) is 18.5 Å². The number of rotatable bonds is 5. The van der Waals surface area contributed by atoms with Crippen molar-refractivity contribution in [3.63, 3.8) is 0 Å². The molecular weight excluding hydrogens is 164 g/mol. The maximum atomic E-state index is 11.4. The zero-order chi connectivity index (χ0) is 10.3. The minimum Gasteiger partial charge on any atom is -0.365 e. The minimum absolute atomic E-state index is 0.114. The molecule has 0 fully saturated rings. The molecule has 0 aromatic rings. The number of Topliss-reactive ketones (excluding diaryl/α,β-unsaturated/α-hetero) is 1. The first-order valence-electron chi connectivity index (χ1n) is 4.73. The fourth-order valence-electron chi connectivity index (χ4n) is 1.12. The molecule has 2 nitrogen and oxygen atoms in total. The van der Waals surface area contributed by atoms with Gasteiger partial charge in [-0.2, -0.15) is 0 Å².